The number of carboxylic acid groups (broad SMARTS) is 1. The van der Waals surface area contributed by atoms with E-state index in [4.69, 9.17) is 4.74 Å². The number of aromatic nitrogens is 1. The first-order valence-electron chi connectivity index (χ1n) is 12.5. The van der Waals surface area contributed by atoms with E-state index in [-0.39, 0.29) is 18.1 Å². The third-order valence-electron chi connectivity index (χ3n) is 7.54. The van der Waals surface area contributed by atoms with Crippen molar-refractivity contribution in [2.45, 2.75) is 63.0 Å². The summed E-state index contributed by atoms with van der Waals surface area (Å²) in [7, 11) is 0. The molecule has 36 heavy (non-hydrogen) atoms. The van der Waals surface area contributed by atoms with Gasteiger partial charge in [-0.1, -0.05) is 25.0 Å². The summed E-state index contributed by atoms with van der Waals surface area (Å²) in [5.41, 5.74) is 2.80. The molecule has 2 aliphatic rings. The Morgan fingerprint density at radius 1 is 1.19 bits per heavy atom. The first kappa shape index (κ1) is 24.3. The number of benzene rings is 2. The van der Waals surface area contributed by atoms with Crippen molar-refractivity contribution in [1.82, 2.24) is 10.3 Å². The number of carbonyl (C=O) groups is 2. The van der Waals surface area contributed by atoms with Crippen LogP contribution in [0.1, 0.15) is 61.0 Å². The third kappa shape index (κ3) is 4.35. The zero-order valence-corrected chi connectivity index (χ0v) is 20.7. The van der Waals surface area contributed by atoms with Crippen LogP contribution >= 0.6 is 0 Å². The molecule has 0 saturated heterocycles. The van der Waals surface area contributed by atoms with Gasteiger partial charge >= 0.3 is 5.97 Å². The molecule has 8 nitrogen and oxygen atoms in total. The van der Waals surface area contributed by atoms with E-state index in [1.165, 1.54) is 0 Å². The highest BCUT2D eigenvalue weighted by Crippen LogP contribution is 2.52. The Labute approximate surface area is 210 Å². The topological polar surface area (TPSA) is 124 Å². The van der Waals surface area contributed by atoms with E-state index in [1.54, 1.807) is 12.1 Å². The summed E-state index contributed by atoms with van der Waals surface area (Å²) in [5.74, 6) is -0.243. The van der Waals surface area contributed by atoms with E-state index in [0.29, 0.717) is 24.1 Å². The summed E-state index contributed by atoms with van der Waals surface area (Å²) in [6, 6.07) is 10.9. The molecule has 1 aromatic heterocycles. The molecule has 0 radical (unpaired) electrons. The fourth-order valence-electron chi connectivity index (χ4n) is 5.81. The van der Waals surface area contributed by atoms with E-state index in [9.17, 15) is 19.8 Å². The van der Waals surface area contributed by atoms with Crippen molar-refractivity contribution < 1.29 is 24.5 Å². The quantitative estimate of drug-likeness (QED) is 0.309. The number of hydrogen-bond acceptors (Lipinski definition) is 5. The Kier molecular flexibility index (Phi) is 6.26. The number of aliphatic hydroxyl groups is 1. The van der Waals surface area contributed by atoms with Crippen LogP contribution < -0.4 is 15.4 Å². The summed E-state index contributed by atoms with van der Waals surface area (Å²) >= 11 is 0. The van der Waals surface area contributed by atoms with E-state index in [2.05, 4.69) is 15.6 Å². The molecule has 0 unspecified atom stereocenters. The van der Waals surface area contributed by atoms with Crippen LogP contribution in [0.15, 0.2) is 42.6 Å². The van der Waals surface area contributed by atoms with Crippen molar-refractivity contribution in [3.8, 4) is 5.75 Å². The molecule has 3 aromatic rings. The van der Waals surface area contributed by atoms with Crippen molar-refractivity contribution in [3.63, 3.8) is 0 Å². The van der Waals surface area contributed by atoms with Gasteiger partial charge in [0, 0.05) is 40.4 Å². The summed E-state index contributed by atoms with van der Waals surface area (Å²) in [6.07, 6.45) is 5.35. The zero-order chi connectivity index (χ0) is 25.5. The number of aromatic amines is 1. The van der Waals surface area contributed by atoms with Gasteiger partial charge in [-0.3, -0.25) is 4.79 Å². The Bertz CT molecular complexity index is 1310. The molecule has 1 aliphatic heterocycles. The smallest absolute Gasteiger partial charge is 0.336 e. The maximum absolute atomic E-state index is 12.8. The average molecular weight is 492 g/mol. The van der Waals surface area contributed by atoms with Crippen molar-refractivity contribution >= 4 is 28.5 Å². The Morgan fingerprint density at radius 3 is 2.69 bits per heavy atom. The SMILES string of the molecule is CC(C)(Cc1c[nH]c2cccc(C(=O)O)c12)NC[C@H](O)COc1cccc2c1C1(CCCC1)C(=O)N2. The van der Waals surface area contributed by atoms with E-state index < -0.39 is 23.0 Å². The maximum Gasteiger partial charge on any atom is 0.336 e. The lowest BCUT2D eigenvalue weighted by Crippen LogP contribution is -2.46. The Balaban J connectivity index is 1.22. The molecule has 5 N–H and O–H groups in total. The fourth-order valence-corrected chi connectivity index (χ4v) is 5.81. The van der Waals surface area contributed by atoms with Crippen LogP contribution in [0.4, 0.5) is 5.69 Å². The number of β-amino-alcohol motifs (C(OH)–C–C–N with tert-alkyl or cyclic N) is 1. The van der Waals surface area contributed by atoms with Crippen LogP contribution in [0, 0.1) is 0 Å². The second kappa shape index (κ2) is 9.26. The molecule has 2 heterocycles. The number of nitrogens with one attached hydrogen (secondary N) is 3. The predicted octanol–water partition coefficient (Wildman–Crippen LogP) is 3.98. The fraction of sp³-hybridized carbons (Fsp3) is 0.429. The molecule has 5 rings (SSSR count). The van der Waals surface area contributed by atoms with Gasteiger partial charge < -0.3 is 30.6 Å². The first-order valence-corrected chi connectivity index (χ1v) is 12.5. The molecular formula is C28H33N3O5. The van der Waals surface area contributed by atoms with Gasteiger partial charge in [-0.15, -0.1) is 0 Å². The van der Waals surface area contributed by atoms with Gasteiger partial charge in [-0.25, -0.2) is 4.79 Å². The summed E-state index contributed by atoms with van der Waals surface area (Å²) in [4.78, 5) is 27.6. The third-order valence-corrected chi connectivity index (χ3v) is 7.54. The minimum absolute atomic E-state index is 0.0540. The van der Waals surface area contributed by atoms with Crippen LogP contribution in [0.25, 0.3) is 10.9 Å². The van der Waals surface area contributed by atoms with Crippen molar-refractivity contribution in [2.24, 2.45) is 0 Å². The summed E-state index contributed by atoms with van der Waals surface area (Å²) in [5, 5.41) is 27.4. The monoisotopic (exact) mass is 491 g/mol. The number of anilines is 1. The molecule has 8 heteroatoms. The normalized spacial score (nSPS) is 17.4. The molecular weight excluding hydrogens is 458 g/mol. The van der Waals surface area contributed by atoms with Gasteiger partial charge in [0.2, 0.25) is 5.91 Å². The van der Waals surface area contributed by atoms with Gasteiger partial charge in [-0.2, -0.15) is 0 Å². The van der Waals surface area contributed by atoms with Crippen LogP contribution in [0.3, 0.4) is 0 Å². The van der Waals surface area contributed by atoms with Gasteiger partial charge in [0.05, 0.1) is 11.0 Å². The van der Waals surface area contributed by atoms with E-state index in [0.717, 1.165) is 48.0 Å². The minimum Gasteiger partial charge on any atom is -0.490 e. The molecule has 1 saturated carbocycles. The predicted molar refractivity (Wildman–Crippen MR) is 138 cm³/mol. The highest BCUT2D eigenvalue weighted by Gasteiger charge is 2.50. The lowest BCUT2D eigenvalue weighted by Gasteiger charge is -2.28. The van der Waals surface area contributed by atoms with Gasteiger partial charge in [0.25, 0.3) is 0 Å². The number of carboxylic acids is 1. The molecule has 1 spiro atoms. The van der Waals surface area contributed by atoms with Gasteiger partial charge in [0.1, 0.15) is 18.5 Å². The standard InChI is InChI=1S/C28H33N3O5/c1-27(2,13-17-14-29-20-8-5-7-19(23(17)20)25(33)34)30-15-18(32)16-36-22-10-6-9-21-24(22)28(26(35)31-21)11-3-4-12-28/h5-10,14,18,29-30,32H,3-4,11-13,15-16H2,1-2H3,(H,31,35)(H,33,34)/t18-/m0/s1. The van der Waals surface area contributed by atoms with Crippen LogP contribution in [0.2, 0.25) is 0 Å². The lowest BCUT2D eigenvalue weighted by molar-refractivity contribution is -0.120. The molecule has 0 bridgehead atoms. The molecule has 1 fully saturated rings. The number of aliphatic hydroxyl groups excluding tert-OH is 1. The molecule has 1 aliphatic carbocycles. The number of aromatic carboxylic acids is 1. The number of hydrogen-bond donors (Lipinski definition) is 5. The lowest BCUT2D eigenvalue weighted by atomic mass is 9.79. The Hall–Kier alpha value is -3.36. The molecule has 190 valence electrons. The first-order chi connectivity index (χ1) is 17.2. The van der Waals surface area contributed by atoms with Crippen molar-refractivity contribution in [1.29, 1.82) is 0 Å². The summed E-state index contributed by atoms with van der Waals surface area (Å²) in [6.45, 7) is 4.44. The van der Waals surface area contributed by atoms with Crippen LogP contribution in [0.5, 0.6) is 5.75 Å². The number of rotatable bonds is 9. The maximum atomic E-state index is 12.8. The number of fused-ring (bicyclic) bond motifs is 3. The molecule has 1 atom stereocenters. The highest BCUT2D eigenvalue weighted by atomic mass is 16.5. The zero-order valence-electron chi connectivity index (χ0n) is 20.7. The second-order valence-electron chi connectivity index (χ2n) is 10.7. The number of amides is 1. The van der Waals surface area contributed by atoms with E-state index >= 15 is 0 Å². The van der Waals surface area contributed by atoms with E-state index in [1.807, 2.05) is 44.3 Å². The summed E-state index contributed by atoms with van der Waals surface area (Å²) < 4.78 is 6.06. The number of H-pyrrole nitrogens is 1. The largest absolute Gasteiger partial charge is 0.490 e. The highest BCUT2D eigenvalue weighted by molar-refractivity contribution is 6.07. The number of carbonyl (C=O) groups excluding carboxylic acids is 1. The molecule has 2 aromatic carbocycles. The average Bonchev–Trinajstić information content (AvgIpc) is 3.56. The van der Waals surface area contributed by atoms with Gasteiger partial charge in [0.15, 0.2) is 0 Å². The van der Waals surface area contributed by atoms with Crippen molar-refractivity contribution in [3.05, 3.63) is 59.3 Å². The molecule has 1 amide bonds. The van der Waals surface area contributed by atoms with Crippen LogP contribution in [-0.4, -0.2) is 51.9 Å². The van der Waals surface area contributed by atoms with Gasteiger partial charge in [-0.05, 0) is 62.9 Å². The second-order valence-corrected chi connectivity index (χ2v) is 10.7. The Morgan fingerprint density at radius 2 is 1.94 bits per heavy atom. The van der Waals surface area contributed by atoms with Crippen molar-refractivity contribution in [2.75, 3.05) is 18.5 Å². The minimum atomic E-state index is -0.955. The van der Waals surface area contributed by atoms with Crippen LogP contribution in [-0.2, 0) is 16.6 Å². The number of ether oxygens (including phenoxy) is 1.